The molecular weight excluding hydrogens is 157 g/mol. The van der Waals surface area contributed by atoms with Gasteiger partial charge >= 0.3 is 67.8 Å². The van der Waals surface area contributed by atoms with Gasteiger partial charge in [0, 0.05) is 0 Å². The molecule has 0 atom stereocenters. The first-order valence-corrected chi connectivity index (χ1v) is 10.7. The van der Waals surface area contributed by atoms with Gasteiger partial charge in [-0.3, -0.25) is 0 Å². The summed E-state index contributed by atoms with van der Waals surface area (Å²) >= 11 is 0. The van der Waals surface area contributed by atoms with Crippen molar-refractivity contribution in [2.75, 3.05) is 33.1 Å². The molecule has 0 aromatic carbocycles. The van der Waals surface area contributed by atoms with Crippen LogP contribution in [0.25, 0.3) is 0 Å². The molecule has 0 aromatic rings. The molecule has 1 nitrogen and oxygen atoms in total. The van der Waals surface area contributed by atoms with E-state index in [0.717, 1.165) is 0 Å². The van der Waals surface area contributed by atoms with Gasteiger partial charge in [-0.25, -0.2) is 0 Å². The second-order valence-electron chi connectivity index (χ2n) is 4.62. The summed E-state index contributed by atoms with van der Waals surface area (Å²) in [4.78, 5) is 0. The zero-order valence-electron chi connectivity index (χ0n) is 8.31. The third-order valence-electron chi connectivity index (χ3n) is 1.86. The van der Waals surface area contributed by atoms with E-state index in [9.17, 15) is 0 Å². The summed E-state index contributed by atoms with van der Waals surface area (Å²) in [6.07, 6.45) is -1.27. The van der Waals surface area contributed by atoms with E-state index < -0.39 is 6.30 Å². The average molecular weight is 179 g/mol. The molecule has 0 aliphatic heterocycles. The fourth-order valence-electron chi connectivity index (χ4n) is 1.35. The Labute approximate surface area is 68.4 Å². The molecular formula is C7H22NPSi. The van der Waals surface area contributed by atoms with Crippen LogP contribution in [0.4, 0.5) is 0 Å². The number of hydrogen-bond donors (Lipinski definition) is 0. The van der Waals surface area contributed by atoms with Gasteiger partial charge in [0.2, 0.25) is 0 Å². The summed E-state index contributed by atoms with van der Waals surface area (Å²) < 4.78 is 2.65. The second-order valence-corrected chi connectivity index (χ2v) is 21.4. The third-order valence-corrected chi connectivity index (χ3v) is 6.39. The van der Waals surface area contributed by atoms with Crippen LogP contribution in [0, 0.1) is 0 Å². The van der Waals surface area contributed by atoms with Crippen molar-refractivity contribution >= 4 is 16.2 Å². The van der Waals surface area contributed by atoms with Gasteiger partial charge in [-0.1, -0.05) is 0 Å². The molecule has 10 heavy (non-hydrogen) atoms. The average Bonchev–Trinajstić information content (AvgIpc) is 1.62. The molecule has 0 rings (SSSR count). The first kappa shape index (κ1) is 10.6. The van der Waals surface area contributed by atoms with Gasteiger partial charge < -0.3 is 0 Å². The van der Waals surface area contributed by atoms with Crippen LogP contribution in [0.1, 0.15) is 13.8 Å². The van der Waals surface area contributed by atoms with Crippen LogP contribution in [0.3, 0.4) is 0 Å². The molecule has 0 spiro atoms. The van der Waals surface area contributed by atoms with E-state index in [4.69, 9.17) is 0 Å². The number of nitrogens with zero attached hydrogens (tertiary/aromatic N) is 1. The predicted molar refractivity (Wildman–Crippen MR) is 57.6 cm³/mol. The van der Waals surface area contributed by atoms with Crippen LogP contribution in [-0.2, 0) is 0 Å². The van der Waals surface area contributed by atoms with Crippen molar-refractivity contribution in [3.05, 3.63) is 0 Å². The van der Waals surface area contributed by atoms with Gasteiger partial charge in [-0.05, 0) is 0 Å². The molecule has 0 saturated carbocycles. The molecule has 0 saturated heterocycles. The van der Waals surface area contributed by atoms with Crippen LogP contribution >= 0.6 is 6.30 Å². The molecule has 0 amide bonds. The summed E-state index contributed by atoms with van der Waals surface area (Å²) in [6.45, 7) is 14.4. The van der Waals surface area contributed by atoms with E-state index in [1.165, 1.54) is 23.0 Å². The van der Waals surface area contributed by atoms with Crippen LogP contribution in [0.5, 0.6) is 0 Å². The maximum absolute atomic E-state index is 2.65. The molecule has 0 fully saturated rings. The van der Waals surface area contributed by atoms with Gasteiger partial charge in [0.25, 0.3) is 0 Å². The molecule has 0 radical (unpaired) electrons. The van der Waals surface area contributed by atoms with Crippen LogP contribution < -0.4 is 0 Å². The molecule has 0 unspecified atom stereocenters. The van der Waals surface area contributed by atoms with Gasteiger partial charge in [-0.2, -0.15) is 0 Å². The Kier molecular flexibility index (Phi) is 3.10. The number of hydrogen-bond acceptors (Lipinski definition) is 1. The topological polar surface area (TPSA) is 3.24 Å². The Morgan fingerprint density at radius 3 is 1.40 bits per heavy atom. The van der Waals surface area contributed by atoms with Crippen LogP contribution in [0.2, 0.25) is 0 Å². The Morgan fingerprint density at radius 2 is 1.40 bits per heavy atom. The standard InChI is InChI=1S/C7H22NPSi/c1-6-8(7-2)9(3,4,5)10/h6-7H2,1-5,10H3. The van der Waals surface area contributed by atoms with Crippen LogP contribution in [0.15, 0.2) is 0 Å². The summed E-state index contributed by atoms with van der Waals surface area (Å²) in [6, 6.07) is 0. The van der Waals surface area contributed by atoms with Crippen molar-refractivity contribution in [3.8, 4) is 0 Å². The molecule has 64 valence electrons. The third kappa shape index (κ3) is 3.13. The molecule has 0 aliphatic rings. The molecule has 0 heterocycles. The first-order valence-electron chi connectivity index (χ1n) is 4.04. The monoisotopic (exact) mass is 179 g/mol. The second kappa shape index (κ2) is 2.92. The normalized spacial score (nSPS) is 17.2. The van der Waals surface area contributed by atoms with E-state index in [2.05, 4.69) is 38.5 Å². The zero-order chi connectivity index (χ0) is 8.44. The minimum atomic E-state index is -1.27. The van der Waals surface area contributed by atoms with Crippen molar-refractivity contribution in [2.24, 2.45) is 0 Å². The molecule has 3 heteroatoms. The van der Waals surface area contributed by atoms with Gasteiger partial charge in [0.05, 0.1) is 0 Å². The minimum absolute atomic E-state index is 1.22. The van der Waals surface area contributed by atoms with Gasteiger partial charge in [0.15, 0.2) is 0 Å². The van der Waals surface area contributed by atoms with E-state index in [0.29, 0.717) is 0 Å². The van der Waals surface area contributed by atoms with Crippen molar-refractivity contribution in [1.82, 2.24) is 4.67 Å². The van der Waals surface area contributed by atoms with Crippen LogP contribution in [-0.4, -0.2) is 47.7 Å². The molecule has 0 aliphatic carbocycles. The number of rotatable bonds is 3. The van der Waals surface area contributed by atoms with Gasteiger partial charge in [-0.15, -0.1) is 0 Å². The summed E-state index contributed by atoms with van der Waals surface area (Å²) in [7, 11) is 1.35. The van der Waals surface area contributed by atoms with E-state index >= 15 is 0 Å². The Hall–Kier alpha value is 0.607. The fraction of sp³-hybridized carbons (Fsp3) is 1.00. The fourth-order valence-corrected chi connectivity index (χ4v) is 5.31. The SMILES string of the molecule is CCN(CC)P(C)(C)(C)[SiH3]. The quantitative estimate of drug-likeness (QED) is 0.461. The summed E-state index contributed by atoms with van der Waals surface area (Å²) in [5, 5.41) is 0. The maximum atomic E-state index is 2.65. The Bertz CT molecular complexity index is 103. The van der Waals surface area contributed by atoms with Gasteiger partial charge in [0.1, 0.15) is 0 Å². The van der Waals surface area contributed by atoms with E-state index in [-0.39, 0.29) is 0 Å². The first-order chi connectivity index (χ1) is 4.28. The van der Waals surface area contributed by atoms with Crippen molar-refractivity contribution in [3.63, 3.8) is 0 Å². The van der Waals surface area contributed by atoms with E-state index in [1.807, 2.05) is 0 Å². The Balaban J connectivity index is 4.28. The summed E-state index contributed by atoms with van der Waals surface area (Å²) in [5.74, 6) is 0. The van der Waals surface area contributed by atoms with E-state index in [1.54, 1.807) is 0 Å². The predicted octanol–water partition coefficient (Wildman–Crippen LogP) is 0.966. The van der Waals surface area contributed by atoms with Crippen molar-refractivity contribution in [1.29, 1.82) is 0 Å². The zero-order valence-corrected chi connectivity index (χ0v) is 11.2. The molecule has 0 bridgehead atoms. The summed E-state index contributed by atoms with van der Waals surface area (Å²) in [5.41, 5.74) is 0. The van der Waals surface area contributed by atoms with Crippen molar-refractivity contribution < 1.29 is 0 Å². The Morgan fingerprint density at radius 1 is 1.10 bits per heavy atom. The molecule has 0 aromatic heterocycles. The molecule has 0 N–H and O–H groups in total. The van der Waals surface area contributed by atoms with Crippen molar-refractivity contribution in [2.45, 2.75) is 13.8 Å².